The number of carbonyl (C=O) groups is 3. The molecule has 0 heterocycles. The van der Waals surface area contributed by atoms with Crippen molar-refractivity contribution in [2.45, 2.75) is 39.7 Å². The maximum Gasteiger partial charge on any atom is 0.303 e. The van der Waals surface area contributed by atoms with Crippen LogP contribution in [0.4, 0.5) is 0 Å². The molecule has 0 aliphatic carbocycles. The molecule has 0 saturated carbocycles. The van der Waals surface area contributed by atoms with Gasteiger partial charge in [0.15, 0.2) is 0 Å². The van der Waals surface area contributed by atoms with E-state index in [0.29, 0.717) is 31.5 Å². The molecule has 1 aromatic rings. The molecule has 2 N–H and O–H groups in total. The Labute approximate surface area is 142 Å². The normalized spacial score (nSPS) is 10.5. The van der Waals surface area contributed by atoms with E-state index in [0.717, 1.165) is 5.56 Å². The first-order valence-electron chi connectivity index (χ1n) is 8.15. The molecule has 0 bridgehead atoms. The topological polar surface area (TPSA) is 86.7 Å². The molecule has 0 radical (unpaired) electrons. The molecular formula is C18H26N2O4. The number of benzene rings is 1. The van der Waals surface area contributed by atoms with Crippen LogP contribution in [0, 0.1) is 5.92 Å². The predicted octanol–water partition coefficient (Wildman–Crippen LogP) is 2.29. The minimum Gasteiger partial charge on any atom is -0.481 e. The Morgan fingerprint density at radius 2 is 1.75 bits per heavy atom. The summed E-state index contributed by atoms with van der Waals surface area (Å²) in [5, 5.41) is 11.3. The number of hydrogen-bond donors (Lipinski definition) is 2. The van der Waals surface area contributed by atoms with E-state index in [9.17, 15) is 14.4 Å². The molecule has 24 heavy (non-hydrogen) atoms. The van der Waals surface area contributed by atoms with E-state index in [1.54, 1.807) is 24.1 Å². The maximum absolute atomic E-state index is 12.0. The Bertz CT molecular complexity index is 567. The molecule has 132 valence electrons. The van der Waals surface area contributed by atoms with Gasteiger partial charge in [0.2, 0.25) is 5.91 Å². The first-order valence-corrected chi connectivity index (χ1v) is 8.15. The lowest BCUT2D eigenvalue weighted by atomic mass is 10.1. The number of hydrogen-bond acceptors (Lipinski definition) is 3. The fourth-order valence-electron chi connectivity index (χ4n) is 2.26. The minimum absolute atomic E-state index is 0.0406. The Kier molecular flexibility index (Phi) is 7.95. The zero-order chi connectivity index (χ0) is 18.1. The highest BCUT2D eigenvalue weighted by Crippen LogP contribution is 2.09. The van der Waals surface area contributed by atoms with Gasteiger partial charge in [0.25, 0.3) is 5.91 Å². The third kappa shape index (κ3) is 6.81. The van der Waals surface area contributed by atoms with Crippen molar-refractivity contribution in [3.63, 3.8) is 0 Å². The van der Waals surface area contributed by atoms with E-state index in [1.165, 1.54) is 0 Å². The van der Waals surface area contributed by atoms with Gasteiger partial charge in [-0.1, -0.05) is 26.0 Å². The first kappa shape index (κ1) is 19.7. The fraction of sp³-hybridized carbons (Fsp3) is 0.500. The Morgan fingerprint density at radius 1 is 1.12 bits per heavy atom. The van der Waals surface area contributed by atoms with Crippen LogP contribution < -0.4 is 5.32 Å². The number of carboxylic acids is 1. The number of aliphatic carboxylic acids is 1. The van der Waals surface area contributed by atoms with E-state index in [1.807, 2.05) is 26.0 Å². The minimum atomic E-state index is -0.821. The van der Waals surface area contributed by atoms with Crippen molar-refractivity contribution in [2.24, 2.45) is 5.92 Å². The zero-order valence-corrected chi connectivity index (χ0v) is 14.5. The van der Waals surface area contributed by atoms with Crippen LogP contribution in [0.1, 0.15) is 49.0 Å². The number of unbranched alkanes of at least 4 members (excludes halogenated alkanes) is 1. The lowest BCUT2D eigenvalue weighted by Gasteiger charge is -2.19. The smallest absolute Gasteiger partial charge is 0.303 e. The Morgan fingerprint density at radius 3 is 2.29 bits per heavy atom. The Hall–Kier alpha value is -2.37. The quantitative estimate of drug-likeness (QED) is 0.678. The molecule has 1 aromatic carbocycles. The lowest BCUT2D eigenvalue weighted by Crippen LogP contribution is -2.30. The van der Waals surface area contributed by atoms with Crippen molar-refractivity contribution >= 4 is 17.8 Å². The van der Waals surface area contributed by atoms with Crippen molar-refractivity contribution in [2.75, 3.05) is 13.6 Å². The Balaban J connectivity index is 2.44. The van der Waals surface area contributed by atoms with Crippen molar-refractivity contribution in [1.82, 2.24) is 10.2 Å². The van der Waals surface area contributed by atoms with E-state index >= 15 is 0 Å². The highest BCUT2D eigenvalue weighted by molar-refractivity contribution is 5.94. The fourth-order valence-corrected chi connectivity index (χ4v) is 2.26. The average Bonchev–Trinajstić information content (AvgIpc) is 2.53. The summed E-state index contributed by atoms with van der Waals surface area (Å²) in [6.07, 6.45) is 1.30. The van der Waals surface area contributed by atoms with Crippen LogP contribution in [0.15, 0.2) is 24.3 Å². The highest BCUT2D eigenvalue weighted by atomic mass is 16.4. The molecule has 6 nitrogen and oxygen atoms in total. The van der Waals surface area contributed by atoms with Gasteiger partial charge in [0, 0.05) is 38.0 Å². The van der Waals surface area contributed by atoms with Crippen molar-refractivity contribution in [3.8, 4) is 0 Å². The molecule has 0 unspecified atom stereocenters. The van der Waals surface area contributed by atoms with Crippen molar-refractivity contribution in [3.05, 3.63) is 35.4 Å². The number of nitrogens with zero attached hydrogens (tertiary/aromatic N) is 1. The SMILES string of the molecule is CC(C)C(=O)N(C)Cc1ccc(C(=O)NCCCCC(=O)O)cc1. The van der Waals surface area contributed by atoms with Crippen LogP contribution in [0.25, 0.3) is 0 Å². The van der Waals surface area contributed by atoms with Crippen LogP contribution in [0.5, 0.6) is 0 Å². The van der Waals surface area contributed by atoms with Crippen LogP contribution >= 0.6 is 0 Å². The van der Waals surface area contributed by atoms with Crippen molar-refractivity contribution < 1.29 is 19.5 Å². The van der Waals surface area contributed by atoms with Gasteiger partial charge in [0.1, 0.15) is 0 Å². The predicted molar refractivity (Wildman–Crippen MR) is 91.6 cm³/mol. The number of amides is 2. The van der Waals surface area contributed by atoms with Gasteiger partial charge in [-0.25, -0.2) is 0 Å². The van der Waals surface area contributed by atoms with E-state index in [2.05, 4.69) is 5.32 Å². The van der Waals surface area contributed by atoms with Gasteiger partial charge in [-0.2, -0.15) is 0 Å². The number of carboxylic acid groups (broad SMARTS) is 1. The average molecular weight is 334 g/mol. The molecule has 0 aromatic heterocycles. The molecule has 0 atom stereocenters. The van der Waals surface area contributed by atoms with Crippen LogP contribution in [-0.4, -0.2) is 41.4 Å². The third-order valence-corrected chi connectivity index (χ3v) is 3.61. The summed E-state index contributed by atoms with van der Waals surface area (Å²) in [4.78, 5) is 35.9. The zero-order valence-electron chi connectivity index (χ0n) is 14.5. The standard InChI is InChI=1S/C18H26N2O4/c1-13(2)18(24)20(3)12-14-7-9-15(10-8-14)17(23)19-11-5-4-6-16(21)22/h7-10,13H,4-6,11-12H2,1-3H3,(H,19,23)(H,21,22). The molecule has 2 amide bonds. The number of rotatable bonds is 9. The molecule has 0 spiro atoms. The van der Waals surface area contributed by atoms with Crippen LogP contribution in [0.2, 0.25) is 0 Å². The van der Waals surface area contributed by atoms with Gasteiger partial charge in [-0.05, 0) is 30.5 Å². The molecule has 0 saturated heterocycles. The molecule has 6 heteroatoms. The summed E-state index contributed by atoms with van der Waals surface area (Å²) in [6.45, 7) is 4.69. The second-order valence-corrected chi connectivity index (χ2v) is 6.15. The van der Waals surface area contributed by atoms with Gasteiger partial charge in [0.05, 0.1) is 0 Å². The lowest BCUT2D eigenvalue weighted by molar-refractivity contribution is -0.137. The number of nitrogens with one attached hydrogen (secondary N) is 1. The third-order valence-electron chi connectivity index (χ3n) is 3.61. The molecule has 0 aliphatic heterocycles. The number of carbonyl (C=O) groups excluding carboxylic acids is 2. The monoisotopic (exact) mass is 334 g/mol. The highest BCUT2D eigenvalue weighted by Gasteiger charge is 2.13. The summed E-state index contributed by atoms with van der Waals surface area (Å²) >= 11 is 0. The van der Waals surface area contributed by atoms with Gasteiger partial charge in [-0.3, -0.25) is 14.4 Å². The van der Waals surface area contributed by atoms with E-state index in [-0.39, 0.29) is 24.2 Å². The van der Waals surface area contributed by atoms with Gasteiger partial charge >= 0.3 is 5.97 Å². The van der Waals surface area contributed by atoms with Gasteiger partial charge in [-0.15, -0.1) is 0 Å². The summed E-state index contributed by atoms with van der Waals surface area (Å²) in [5.74, 6) is -0.958. The van der Waals surface area contributed by atoms with Gasteiger partial charge < -0.3 is 15.3 Å². The molecule has 0 fully saturated rings. The largest absolute Gasteiger partial charge is 0.481 e. The summed E-state index contributed by atoms with van der Waals surface area (Å²) < 4.78 is 0. The molecule has 1 rings (SSSR count). The van der Waals surface area contributed by atoms with Crippen LogP contribution in [0.3, 0.4) is 0 Å². The molecule has 0 aliphatic rings. The van der Waals surface area contributed by atoms with Crippen molar-refractivity contribution in [1.29, 1.82) is 0 Å². The second-order valence-electron chi connectivity index (χ2n) is 6.15. The summed E-state index contributed by atoms with van der Waals surface area (Å²) in [6, 6.07) is 7.14. The van der Waals surface area contributed by atoms with E-state index in [4.69, 9.17) is 5.11 Å². The van der Waals surface area contributed by atoms with Crippen LogP contribution in [-0.2, 0) is 16.1 Å². The summed E-state index contributed by atoms with van der Waals surface area (Å²) in [7, 11) is 1.76. The molecular weight excluding hydrogens is 308 g/mol. The first-order chi connectivity index (χ1) is 11.3. The summed E-state index contributed by atoms with van der Waals surface area (Å²) in [5.41, 5.74) is 1.51. The van der Waals surface area contributed by atoms with E-state index < -0.39 is 5.97 Å². The maximum atomic E-state index is 12.0. The second kappa shape index (κ2) is 9.70.